The van der Waals surface area contributed by atoms with E-state index in [1.807, 2.05) is 11.4 Å². The summed E-state index contributed by atoms with van der Waals surface area (Å²) in [6, 6.07) is 1.53. The highest BCUT2D eigenvalue weighted by atomic mass is 32.1. The van der Waals surface area contributed by atoms with E-state index >= 15 is 0 Å². The van der Waals surface area contributed by atoms with E-state index in [2.05, 4.69) is 5.32 Å². The van der Waals surface area contributed by atoms with E-state index in [0.717, 1.165) is 17.8 Å². The SMILES string of the molecule is O=C(O)C1NCCc2ccsc21. The van der Waals surface area contributed by atoms with Crippen LogP contribution < -0.4 is 5.32 Å². The molecule has 2 N–H and O–H groups in total. The highest BCUT2D eigenvalue weighted by Gasteiger charge is 2.26. The van der Waals surface area contributed by atoms with Crippen molar-refractivity contribution in [3.05, 3.63) is 21.9 Å². The van der Waals surface area contributed by atoms with Crippen LogP contribution in [0.4, 0.5) is 0 Å². The number of carboxylic acids is 1. The molecule has 0 aliphatic carbocycles. The van der Waals surface area contributed by atoms with Crippen LogP contribution in [0.15, 0.2) is 11.4 Å². The fraction of sp³-hybridized carbons (Fsp3) is 0.375. The summed E-state index contributed by atoms with van der Waals surface area (Å²) in [6.07, 6.45) is 0.947. The second kappa shape index (κ2) is 2.88. The van der Waals surface area contributed by atoms with E-state index in [4.69, 9.17) is 5.11 Å². The summed E-state index contributed by atoms with van der Waals surface area (Å²) in [5, 5.41) is 13.8. The molecule has 1 aromatic rings. The molecule has 0 saturated heterocycles. The summed E-state index contributed by atoms with van der Waals surface area (Å²) in [6.45, 7) is 0.765. The first kappa shape index (κ1) is 7.76. The Morgan fingerprint density at radius 1 is 1.75 bits per heavy atom. The van der Waals surface area contributed by atoms with Crippen molar-refractivity contribution in [1.29, 1.82) is 0 Å². The monoisotopic (exact) mass is 183 g/mol. The summed E-state index contributed by atoms with van der Waals surface area (Å²) < 4.78 is 0. The van der Waals surface area contributed by atoms with Gasteiger partial charge in [-0.15, -0.1) is 11.3 Å². The minimum absolute atomic E-state index is 0.478. The van der Waals surface area contributed by atoms with Gasteiger partial charge in [0, 0.05) is 11.4 Å². The topological polar surface area (TPSA) is 49.3 Å². The molecule has 0 radical (unpaired) electrons. The predicted molar refractivity (Wildman–Crippen MR) is 46.4 cm³/mol. The van der Waals surface area contributed by atoms with Crippen molar-refractivity contribution in [3.8, 4) is 0 Å². The van der Waals surface area contributed by atoms with Gasteiger partial charge in [-0.1, -0.05) is 0 Å². The third-order valence-electron chi connectivity index (χ3n) is 2.03. The zero-order chi connectivity index (χ0) is 8.55. The third kappa shape index (κ3) is 1.13. The van der Waals surface area contributed by atoms with E-state index in [1.54, 1.807) is 0 Å². The lowest BCUT2D eigenvalue weighted by Crippen LogP contribution is -2.33. The average molecular weight is 183 g/mol. The molecule has 64 valence electrons. The van der Waals surface area contributed by atoms with Gasteiger partial charge < -0.3 is 5.11 Å². The molecule has 3 nitrogen and oxygen atoms in total. The number of hydrogen-bond donors (Lipinski definition) is 2. The molecule has 1 aliphatic rings. The van der Waals surface area contributed by atoms with Gasteiger partial charge in [0.1, 0.15) is 6.04 Å². The van der Waals surface area contributed by atoms with Gasteiger partial charge in [-0.05, 0) is 23.4 Å². The van der Waals surface area contributed by atoms with Gasteiger partial charge in [0.15, 0.2) is 0 Å². The van der Waals surface area contributed by atoms with Crippen LogP contribution in [-0.2, 0) is 11.2 Å². The van der Waals surface area contributed by atoms with Crippen molar-refractivity contribution in [2.75, 3.05) is 6.54 Å². The molecule has 0 aromatic carbocycles. The van der Waals surface area contributed by atoms with Crippen molar-refractivity contribution in [2.24, 2.45) is 0 Å². The molecule has 2 heterocycles. The Balaban J connectivity index is 2.37. The fourth-order valence-electron chi connectivity index (χ4n) is 1.45. The quantitative estimate of drug-likeness (QED) is 0.683. The molecule has 4 heteroatoms. The summed E-state index contributed by atoms with van der Waals surface area (Å²) in [7, 11) is 0. The average Bonchev–Trinajstić information content (AvgIpc) is 2.49. The number of fused-ring (bicyclic) bond motifs is 1. The van der Waals surface area contributed by atoms with Crippen molar-refractivity contribution in [1.82, 2.24) is 5.32 Å². The van der Waals surface area contributed by atoms with Crippen LogP contribution in [0.2, 0.25) is 0 Å². The molecule has 2 rings (SSSR count). The lowest BCUT2D eigenvalue weighted by molar-refractivity contribution is -0.139. The zero-order valence-electron chi connectivity index (χ0n) is 6.41. The van der Waals surface area contributed by atoms with Gasteiger partial charge in [0.2, 0.25) is 0 Å². The summed E-state index contributed by atoms with van der Waals surface area (Å²) in [5.74, 6) is -0.779. The van der Waals surface area contributed by atoms with Crippen LogP contribution in [0.3, 0.4) is 0 Å². The smallest absolute Gasteiger partial charge is 0.326 e. The Hall–Kier alpha value is -0.870. The lowest BCUT2D eigenvalue weighted by Gasteiger charge is -2.19. The maximum Gasteiger partial charge on any atom is 0.326 e. The van der Waals surface area contributed by atoms with E-state index < -0.39 is 12.0 Å². The first-order valence-corrected chi connectivity index (χ1v) is 4.69. The maximum absolute atomic E-state index is 10.8. The molecule has 1 aromatic heterocycles. The molecule has 1 aliphatic heterocycles. The van der Waals surface area contributed by atoms with E-state index in [0.29, 0.717) is 0 Å². The van der Waals surface area contributed by atoms with Gasteiger partial charge in [0.05, 0.1) is 0 Å². The Morgan fingerprint density at radius 3 is 3.33 bits per heavy atom. The first-order chi connectivity index (χ1) is 5.79. The Kier molecular flexibility index (Phi) is 1.86. The molecule has 1 atom stereocenters. The Bertz CT molecular complexity index is 308. The first-order valence-electron chi connectivity index (χ1n) is 3.81. The largest absolute Gasteiger partial charge is 0.480 e. The highest BCUT2D eigenvalue weighted by molar-refractivity contribution is 7.10. The molecule has 0 bridgehead atoms. The third-order valence-corrected chi connectivity index (χ3v) is 3.06. The standard InChI is InChI=1S/C8H9NO2S/c10-8(11)6-7-5(1-3-9-6)2-4-12-7/h2,4,6,9H,1,3H2,(H,10,11). The van der Waals surface area contributed by atoms with Crippen LogP contribution in [0.1, 0.15) is 16.5 Å². The van der Waals surface area contributed by atoms with Gasteiger partial charge in [0.25, 0.3) is 0 Å². The van der Waals surface area contributed by atoms with E-state index in [-0.39, 0.29) is 0 Å². The number of aliphatic carboxylic acids is 1. The Labute approximate surface area is 74.0 Å². The summed E-state index contributed by atoms with van der Waals surface area (Å²) in [5.41, 5.74) is 1.19. The number of nitrogens with one attached hydrogen (secondary N) is 1. The molecule has 0 spiro atoms. The normalized spacial score (nSPS) is 21.8. The van der Waals surface area contributed by atoms with Crippen molar-refractivity contribution in [3.63, 3.8) is 0 Å². The molecular formula is C8H9NO2S. The second-order valence-corrected chi connectivity index (χ2v) is 3.73. The number of carboxylic acid groups (broad SMARTS) is 1. The molecular weight excluding hydrogens is 174 g/mol. The number of hydrogen-bond acceptors (Lipinski definition) is 3. The minimum Gasteiger partial charge on any atom is -0.480 e. The molecule has 1 unspecified atom stereocenters. The molecule has 0 saturated carbocycles. The van der Waals surface area contributed by atoms with Crippen LogP contribution >= 0.6 is 11.3 Å². The van der Waals surface area contributed by atoms with Crippen LogP contribution in [0.25, 0.3) is 0 Å². The molecule has 0 amide bonds. The highest BCUT2D eigenvalue weighted by Crippen LogP contribution is 2.27. The van der Waals surface area contributed by atoms with E-state index in [9.17, 15) is 4.79 Å². The van der Waals surface area contributed by atoms with Gasteiger partial charge in [-0.25, -0.2) is 0 Å². The maximum atomic E-state index is 10.8. The van der Waals surface area contributed by atoms with Gasteiger partial charge in [-0.3, -0.25) is 10.1 Å². The van der Waals surface area contributed by atoms with Gasteiger partial charge in [-0.2, -0.15) is 0 Å². The van der Waals surface area contributed by atoms with Crippen LogP contribution in [0, 0.1) is 0 Å². The summed E-state index contributed by atoms with van der Waals surface area (Å²) in [4.78, 5) is 11.7. The van der Waals surface area contributed by atoms with Gasteiger partial charge >= 0.3 is 5.97 Å². The summed E-state index contributed by atoms with van der Waals surface area (Å²) >= 11 is 1.52. The van der Waals surface area contributed by atoms with Crippen molar-refractivity contribution < 1.29 is 9.90 Å². The number of thiophene rings is 1. The van der Waals surface area contributed by atoms with Crippen molar-refractivity contribution in [2.45, 2.75) is 12.5 Å². The minimum atomic E-state index is -0.779. The zero-order valence-corrected chi connectivity index (χ0v) is 7.23. The van der Waals surface area contributed by atoms with E-state index in [1.165, 1.54) is 16.9 Å². The molecule has 0 fully saturated rings. The van der Waals surface area contributed by atoms with Crippen molar-refractivity contribution >= 4 is 17.3 Å². The van der Waals surface area contributed by atoms with Crippen LogP contribution in [-0.4, -0.2) is 17.6 Å². The lowest BCUT2D eigenvalue weighted by atomic mass is 10.0. The predicted octanol–water partition coefficient (Wildman–Crippen LogP) is 1.02. The molecule has 12 heavy (non-hydrogen) atoms. The second-order valence-electron chi connectivity index (χ2n) is 2.79. The Morgan fingerprint density at radius 2 is 2.58 bits per heavy atom. The fourth-order valence-corrected chi connectivity index (χ4v) is 2.47. The van der Waals surface area contributed by atoms with Crippen LogP contribution in [0.5, 0.6) is 0 Å². The number of rotatable bonds is 1. The number of carbonyl (C=O) groups is 1.